The number of ether oxygens (including phenoxy) is 3. The Bertz CT molecular complexity index is 2000. The summed E-state index contributed by atoms with van der Waals surface area (Å²) in [7, 11) is -4.39. The molecule has 0 saturated heterocycles. The van der Waals surface area contributed by atoms with Gasteiger partial charge in [0.15, 0.2) is 23.1 Å². The smallest absolute Gasteiger partial charge is 0.263 e. The molecule has 50 heavy (non-hydrogen) atoms. The summed E-state index contributed by atoms with van der Waals surface area (Å²) < 4.78 is 77.2. The Balaban J connectivity index is 1.95. The minimum atomic E-state index is -4.39. The molecule has 2 aromatic heterocycles. The largest absolute Gasteiger partial charge is 0.487 e. The Kier molecular flexibility index (Phi) is 10.5. The molecule has 0 aliphatic carbocycles. The fraction of sp³-hybridized carbons (Fsp3) is 0.487. The maximum Gasteiger partial charge on any atom is 0.263 e. The molecule has 4 aromatic rings. The molecule has 0 amide bonds. The molecule has 0 fully saturated rings. The van der Waals surface area contributed by atoms with Gasteiger partial charge in [0.1, 0.15) is 0 Å². The number of hydrogen-bond donors (Lipinski definition) is 1. The quantitative estimate of drug-likeness (QED) is 0.137. The van der Waals surface area contributed by atoms with Crippen LogP contribution in [-0.4, -0.2) is 41.1 Å². The zero-order valence-electron chi connectivity index (χ0n) is 34.3. The number of rotatable bonds is 14. The first-order valence-electron chi connectivity index (χ1n) is 18.3. The van der Waals surface area contributed by atoms with E-state index in [0.29, 0.717) is 22.6 Å². The molecule has 0 spiro atoms. The summed E-state index contributed by atoms with van der Waals surface area (Å²) in [6.07, 6.45) is -0.482. The molecule has 10 nitrogen and oxygen atoms in total. The van der Waals surface area contributed by atoms with Crippen LogP contribution >= 0.6 is 0 Å². The molecule has 270 valence electrons. The molecule has 11 heteroatoms. The molecule has 0 aliphatic heterocycles. The van der Waals surface area contributed by atoms with Crippen molar-refractivity contribution in [3.05, 3.63) is 71.5 Å². The van der Waals surface area contributed by atoms with Gasteiger partial charge in [-0.1, -0.05) is 73.6 Å². The van der Waals surface area contributed by atoms with E-state index in [1.54, 1.807) is 70.3 Å². The van der Waals surface area contributed by atoms with Crippen LogP contribution in [0.2, 0.25) is 0 Å². The number of aryl methyl sites for hydroxylation is 2. The van der Waals surface area contributed by atoms with Gasteiger partial charge in [0, 0.05) is 21.4 Å². The minimum absolute atomic E-state index is 0.00793. The maximum absolute atomic E-state index is 14.4. The van der Waals surface area contributed by atoms with Crippen molar-refractivity contribution in [2.75, 3.05) is 11.3 Å². The summed E-state index contributed by atoms with van der Waals surface area (Å²) >= 11 is 0. The molecule has 2 aromatic carbocycles. The predicted octanol–water partition coefficient (Wildman–Crippen LogP) is 9.32. The van der Waals surface area contributed by atoms with Crippen molar-refractivity contribution >= 4 is 15.8 Å². The molecule has 2 heterocycles. The highest BCUT2D eigenvalue weighted by Gasteiger charge is 2.45. The first-order valence-corrected chi connectivity index (χ1v) is 18.3. The first-order chi connectivity index (χ1) is 24.4. The van der Waals surface area contributed by atoms with Crippen molar-refractivity contribution in [3.8, 4) is 34.8 Å². The Morgan fingerprint density at radius 1 is 0.920 bits per heavy atom. The maximum atomic E-state index is 14.4. The Hall–Kier alpha value is -4.25. The van der Waals surface area contributed by atoms with Gasteiger partial charge in [0.05, 0.1) is 17.6 Å². The van der Waals surface area contributed by atoms with Crippen molar-refractivity contribution in [2.45, 2.75) is 106 Å². The van der Waals surface area contributed by atoms with Crippen molar-refractivity contribution < 1.29 is 26.7 Å². The molecule has 0 aliphatic rings. The van der Waals surface area contributed by atoms with Crippen LogP contribution in [-0.2, 0) is 15.4 Å². The lowest BCUT2D eigenvalue weighted by Gasteiger charge is -2.49. The Labute approximate surface area is 302 Å². The van der Waals surface area contributed by atoms with Gasteiger partial charge in [-0.2, -0.15) is 4.98 Å². The molecule has 0 saturated carbocycles. The average Bonchev–Trinajstić information content (AvgIpc) is 3.00. The topological polar surface area (TPSA) is 125 Å². The van der Waals surface area contributed by atoms with Crippen molar-refractivity contribution in [2.24, 2.45) is 17.2 Å². The molecular weight excluding hydrogens is 651 g/mol. The summed E-state index contributed by atoms with van der Waals surface area (Å²) in [5.74, 6) is -0.705. The third-order valence-corrected chi connectivity index (χ3v) is 9.54. The fourth-order valence-corrected chi connectivity index (χ4v) is 7.27. The van der Waals surface area contributed by atoms with E-state index in [1.807, 2.05) is 48.5 Å². The Morgan fingerprint density at radius 3 is 2.16 bits per heavy atom. The van der Waals surface area contributed by atoms with E-state index in [1.165, 1.54) is 19.1 Å². The lowest BCUT2D eigenvalue weighted by molar-refractivity contribution is 0.115. The van der Waals surface area contributed by atoms with E-state index in [4.69, 9.17) is 17.0 Å². The number of nitrogens with one attached hydrogen (secondary N) is 1. The van der Waals surface area contributed by atoms with Crippen molar-refractivity contribution in [3.63, 3.8) is 0 Å². The number of hydrogen-bond acceptors (Lipinski definition) is 9. The zero-order valence-corrected chi connectivity index (χ0v) is 32.1. The van der Waals surface area contributed by atoms with E-state index in [9.17, 15) is 9.79 Å². The standard InChI is InChI=1S/C39H53N5O5S/c1-13-39(25(4)5,38(10,11)12)30-19-18-29(22-27(30)8)50(45,46)44-34-33(49-32-17-15-14-16-31(32)48-26(6)7)37(47-23-24(2)3)43-36(42-34)35-40-21-20-28(9)41-35/h14-22,24-26H,13,23H2,1-12H3,(H,42,43,44)/i13D2,25D. The lowest BCUT2D eigenvalue weighted by atomic mass is 9.55. The van der Waals surface area contributed by atoms with E-state index in [-0.39, 0.29) is 58.4 Å². The van der Waals surface area contributed by atoms with E-state index in [2.05, 4.69) is 24.7 Å². The van der Waals surface area contributed by atoms with Gasteiger partial charge in [0.2, 0.25) is 11.6 Å². The van der Waals surface area contributed by atoms with Gasteiger partial charge in [-0.25, -0.2) is 23.4 Å². The van der Waals surface area contributed by atoms with Gasteiger partial charge >= 0.3 is 0 Å². The molecule has 1 N–H and O–H groups in total. The van der Waals surface area contributed by atoms with Crippen LogP contribution < -0.4 is 18.9 Å². The minimum Gasteiger partial charge on any atom is -0.487 e. The summed E-state index contributed by atoms with van der Waals surface area (Å²) in [6, 6.07) is 13.2. The fourth-order valence-electron chi connectivity index (χ4n) is 6.18. The Morgan fingerprint density at radius 2 is 1.60 bits per heavy atom. The highest BCUT2D eigenvalue weighted by atomic mass is 32.2. The van der Waals surface area contributed by atoms with Crippen LogP contribution in [0, 0.1) is 31.1 Å². The number of nitrogens with zero attached hydrogens (tertiary/aromatic N) is 4. The molecule has 4 rings (SSSR count). The molecule has 1 unspecified atom stereocenters. The second kappa shape index (κ2) is 15.3. The number of benzene rings is 2. The number of aromatic nitrogens is 4. The number of anilines is 1. The van der Waals surface area contributed by atoms with Crippen LogP contribution in [0.25, 0.3) is 11.6 Å². The average molecular weight is 707 g/mol. The van der Waals surface area contributed by atoms with Gasteiger partial charge in [0.25, 0.3) is 15.9 Å². The predicted molar refractivity (Wildman–Crippen MR) is 199 cm³/mol. The number of para-hydroxylation sites is 2. The van der Waals surface area contributed by atoms with Crippen LogP contribution in [0.15, 0.2) is 59.6 Å². The first kappa shape index (κ1) is 34.2. The molecule has 0 bridgehead atoms. The van der Waals surface area contributed by atoms with E-state index < -0.39 is 33.1 Å². The van der Waals surface area contributed by atoms with E-state index in [0.717, 1.165) is 0 Å². The van der Waals surface area contributed by atoms with Crippen LogP contribution in [0.1, 0.15) is 96.5 Å². The second-order valence-electron chi connectivity index (χ2n) is 14.3. The lowest BCUT2D eigenvalue weighted by Crippen LogP contribution is -2.44. The summed E-state index contributed by atoms with van der Waals surface area (Å²) in [4.78, 5) is 17.9. The molecular formula is C39H53N5O5S. The summed E-state index contributed by atoms with van der Waals surface area (Å²) in [5, 5.41) is 0. The summed E-state index contributed by atoms with van der Waals surface area (Å²) in [5.41, 5.74) is -0.351. The monoisotopic (exact) mass is 706 g/mol. The third-order valence-electron chi connectivity index (χ3n) is 8.20. The van der Waals surface area contributed by atoms with Crippen molar-refractivity contribution in [1.82, 2.24) is 19.9 Å². The highest BCUT2D eigenvalue weighted by Crippen LogP contribution is 2.51. The highest BCUT2D eigenvalue weighted by molar-refractivity contribution is 7.92. The second-order valence-corrected chi connectivity index (χ2v) is 16.0. The number of sulfonamides is 1. The van der Waals surface area contributed by atoms with Gasteiger partial charge in [-0.3, -0.25) is 4.72 Å². The van der Waals surface area contributed by atoms with Gasteiger partial charge in [-0.05, 0) is 92.8 Å². The molecule has 1 atom stereocenters. The van der Waals surface area contributed by atoms with Crippen LogP contribution in [0.3, 0.4) is 0 Å². The van der Waals surface area contributed by atoms with Gasteiger partial charge < -0.3 is 14.2 Å². The zero-order chi connectivity index (χ0) is 39.7. The normalized spacial score (nSPS) is 14.8. The van der Waals surface area contributed by atoms with Crippen molar-refractivity contribution in [1.29, 1.82) is 0 Å². The van der Waals surface area contributed by atoms with Gasteiger partial charge in [-0.15, -0.1) is 0 Å². The van der Waals surface area contributed by atoms with Crippen LogP contribution in [0.5, 0.6) is 23.1 Å². The van der Waals surface area contributed by atoms with E-state index >= 15 is 0 Å². The summed E-state index contributed by atoms with van der Waals surface area (Å²) in [6.45, 7) is 22.0. The molecule has 0 radical (unpaired) electrons. The third kappa shape index (κ3) is 8.37. The SMILES string of the molecule is [2H]C([2H])(C)C(c1ccc(S(=O)(=O)Nc2nc(-c3nccc(C)n3)nc(OCC(C)C)c2Oc2ccccc2OC(C)C)cc1C)(C([2H])(C)C)C(C)(C)C. The van der Waals surface area contributed by atoms with Crippen LogP contribution in [0.4, 0.5) is 5.82 Å².